The topological polar surface area (TPSA) is 144 Å². The number of nitrogens with zero attached hydrogens (tertiary/aromatic N) is 3. The summed E-state index contributed by atoms with van der Waals surface area (Å²) in [6, 6.07) is 7.93. The normalized spacial score (nSPS) is 16.5. The molecule has 1 atom stereocenters. The van der Waals surface area contributed by atoms with E-state index in [0.717, 1.165) is 24.5 Å². The molecule has 1 unspecified atom stereocenters. The number of hydrogen-bond donors (Lipinski definition) is 3. The minimum absolute atomic E-state index is 0.0756. The standard InChI is InChI=1S/C32H39FN6O6/c1-4-34-31(43)45-18-21-9-11-22(12-10-21)28(40)35-23-6-5-13-37(17-23)30(42)36-26-14-24-27(15-25(26)33)39(19(2)3)32(44)38(29(24)41)16-20-7-8-20/h9-12,14-15,19-20,23H,4-8,13,16-18H2,1-3H3,(H,34,43)(H,35,40)(H,36,42). The van der Waals surface area contributed by atoms with E-state index in [-0.39, 0.29) is 53.7 Å². The summed E-state index contributed by atoms with van der Waals surface area (Å²) in [6.45, 7) is 6.87. The molecule has 45 heavy (non-hydrogen) atoms. The molecule has 0 spiro atoms. The van der Waals surface area contributed by atoms with E-state index in [1.54, 1.807) is 45.0 Å². The lowest BCUT2D eigenvalue weighted by molar-refractivity contribution is 0.0912. The van der Waals surface area contributed by atoms with Crippen molar-refractivity contribution in [3.63, 3.8) is 0 Å². The van der Waals surface area contributed by atoms with Crippen LogP contribution in [0.3, 0.4) is 0 Å². The second-order valence-electron chi connectivity index (χ2n) is 11.9. The SMILES string of the molecule is CCNC(=O)OCc1ccc(C(=O)NC2CCCN(C(=O)Nc3cc4c(=O)n(CC5CC5)c(=O)n(C(C)C)c4cc3F)C2)cc1. The number of benzene rings is 2. The average molecular weight is 623 g/mol. The summed E-state index contributed by atoms with van der Waals surface area (Å²) in [5.74, 6) is -0.789. The third-order valence-corrected chi connectivity index (χ3v) is 8.10. The van der Waals surface area contributed by atoms with Crippen LogP contribution in [0.2, 0.25) is 0 Å². The predicted molar refractivity (Wildman–Crippen MR) is 167 cm³/mol. The molecule has 3 N–H and O–H groups in total. The Bertz CT molecular complexity index is 1710. The fraction of sp³-hybridized carbons (Fsp3) is 0.469. The highest BCUT2D eigenvalue weighted by molar-refractivity contribution is 5.95. The largest absolute Gasteiger partial charge is 0.445 e. The van der Waals surface area contributed by atoms with Crippen LogP contribution >= 0.6 is 0 Å². The number of ether oxygens (including phenoxy) is 1. The van der Waals surface area contributed by atoms with E-state index in [1.165, 1.54) is 20.1 Å². The van der Waals surface area contributed by atoms with E-state index in [4.69, 9.17) is 4.74 Å². The molecule has 5 rings (SSSR count). The smallest absolute Gasteiger partial charge is 0.407 e. The molecule has 0 bridgehead atoms. The van der Waals surface area contributed by atoms with Crippen LogP contribution in [0, 0.1) is 11.7 Å². The van der Waals surface area contributed by atoms with Gasteiger partial charge in [-0.2, -0.15) is 0 Å². The molecule has 1 saturated heterocycles. The van der Waals surface area contributed by atoms with Gasteiger partial charge in [-0.15, -0.1) is 0 Å². The Labute approximate surface area is 259 Å². The second kappa shape index (κ2) is 13.5. The van der Waals surface area contributed by atoms with Gasteiger partial charge in [-0.25, -0.2) is 18.8 Å². The van der Waals surface area contributed by atoms with Gasteiger partial charge in [-0.1, -0.05) is 12.1 Å². The van der Waals surface area contributed by atoms with Crippen molar-refractivity contribution in [2.45, 2.75) is 71.7 Å². The molecule has 13 heteroatoms. The van der Waals surface area contributed by atoms with Crippen LogP contribution in [0.4, 0.5) is 19.7 Å². The first kappa shape index (κ1) is 31.7. The number of carbonyl (C=O) groups is 3. The van der Waals surface area contributed by atoms with Gasteiger partial charge in [0.1, 0.15) is 12.4 Å². The number of likely N-dealkylation sites (tertiary alicyclic amines) is 1. The number of anilines is 1. The van der Waals surface area contributed by atoms with E-state index >= 15 is 4.39 Å². The Balaban J connectivity index is 1.25. The number of carbonyl (C=O) groups excluding carboxylic acids is 3. The highest BCUT2D eigenvalue weighted by atomic mass is 19.1. The molecule has 2 heterocycles. The van der Waals surface area contributed by atoms with Crippen LogP contribution in [0.15, 0.2) is 46.0 Å². The average Bonchev–Trinajstić information content (AvgIpc) is 3.84. The van der Waals surface area contributed by atoms with E-state index in [1.807, 2.05) is 0 Å². The summed E-state index contributed by atoms with van der Waals surface area (Å²) in [4.78, 5) is 65.6. The maximum Gasteiger partial charge on any atom is 0.407 e. The zero-order valence-electron chi connectivity index (χ0n) is 25.7. The monoisotopic (exact) mass is 622 g/mol. The van der Waals surface area contributed by atoms with Gasteiger partial charge in [0, 0.05) is 49.9 Å². The Kier molecular flexibility index (Phi) is 9.54. The number of nitrogens with one attached hydrogen (secondary N) is 3. The van der Waals surface area contributed by atoms with Crippen LogP contribution in [-0.2, 0) is 17.9 Å². The molecule has 3 aromatic rings. The van der Waals surface area contributed by atoms with Crippen molar-refractivity contribution in [3.05, 3.63) is 74.2 Å². The van der Waals surface area contributed by atoms with Crippen LogP contribution < -0.4 is 27.2 Å². The van der Waals surface area contributed by atoms with Crippen molar-refractivity contribution >= 4 is 34.6 Å². The summed E-state index contributed by atoms with van der Waals surface area (Å²) < 4.78 is 23.0. The maximum absolute atomic E-state index is 15.3. The Morgan fingerprint density at radius 1 is 1.07 bits per heavy atom. The predicted octanol–water partition coefficient (Wildman–Crippen LogP) is 3.97. The molecule has 0 radical (unpaired) electrons. The lowest BCUT2D eigenvalue weighted by Crippen LogP contribution is -2.50. The molecule has 4 amide bonds. The number of amides is 4. The van der Waals surface area contributed by atoms with Gasteiger partial charge in [0.2, 0.25) is 0 Å². The van der Waals surface area contributed by atoms with Gasteiger partial charge >= 0.3 is 17.8 Å². The highest BCUT2D eigenvalue weighted by Crippen LogP contribution is 2.30. The summed E-state index contributed by atoms with van der Waals surface area (Å²) in [5.41, 5.74) is 0.216. The van der Waals surface area contributed by atoms with Gasteiger partial charge in [-0.05, 0) is 76.1 Å². The fourth-order valence-electron chi connectivity index (χ4n) is 5.55. The Hall–Kier alpha value is -4.68. The molecular weight excluding hydrogens is 583 g/mol. The number of piperidine rings is 1. The lowest BCUT2D eigenvalue weighted by Gasteiger charge is -2.33. The highest BCUT2D eigenvalue weighted by Gasteiger charge is 2.28. The maximum atomic E-state index is 15.3. The summed E-state index contributed by atoms with van der Waals surface area (Å²) >= 11 is 0. The van der Waals surface area contributed by atoms with Gasteiger partial charge < -0.3 is 25.6 Å². The molecule has 12 nitrogen and oxygen atoms in total. The van der Waals surface area contributed by atoms with E-state index in [9.17, 15) is 24.0 Å². The summed E-state index contributed by atoms with van der Waals surface area (Å²) in [6.07, 6.45) is 2.68. The number of urea groups is 1. The number of rotatable bonds is 9. The zero-order chi connectivity index (χ0) is 32.2. The van der Waals surface area contributed by atoms with Crippen molar-refractivity contribution < 1.29 is 23.5 Å². The molecule has 1 aromatic heterocycles. The van der Waals surface area contributed by atoms with Crippen molar-refractivity contribution in [3.8, 4) is 0 Å². The fourth-order valence-corrected chi connectivity index (χ4v) is 5.55. The minimum atomic E-state index is -0.759. The van der Waals surface area contributed by atoms with Crippen LogP contribution in [0.1, 0.15) is 68.4 Å². The summed E-state index contributed by atoms with van der Waals surface area (Å²) in [5, 5.41) is 8.26. The molecule has 2 aromatic carbocycles. The third-order valence-electron chi connectivity index (χ3n) is 8.10. The lowest BCUT2D eigenvalue weighted by atomic mass is 10.0. The van der Waals surface area contributed by atoms with Crippen molar-refractivity contribution in [1.82, 2.24) is 24.7 Å². The van der Waals surface area contributed by atoms with Gasteiger partial charge in [-0.3, -0.25) is 18.7 Å². The van der Waals surface area contributed by atoms with E-state index < -0.39 is 29.2 Å². The summed E-state index contributed by atoms with van der Waals surface area (Å²) in [7, 11) is 0. The second-order valence-corrected chi connectivity index (χ2v) is 11.9. The molecule has 2 fully saturated rings. The quantitative estimate of drug-likeness (QED) is 0.330. The van der Waals surface area contributed by atoms with Crippen molar-refractivity contribution in [2.75, 3.05) is 25.0 Å². The van der Waals surface area contributed by atoms with Crippen molar-refractivity contribution in [1.29, 1.82) is 0 Å². The Morgan fingerprint density at radius 3 is 2.47 bits per heavy atom. The van der Waals surface area contributed by atoms with Crippen LogP contribution in [-0.4, -0.2) is 57.7 Å². The Morgan fingerprint density at radius 2 is 1.80 bits per heavy atom. The first-order valence-electron chi connectivity index (χ1n) is 15.4. The van der Waals surface area contributed by atoms with Crippen LogP contribution in [0.5, 0.6) is 0 Å². The first-order valence-corrected chi connectivity index (χ1v) is 15.4. The number of fused-ring (bicyclic) bond motifs is 1. The molecule has 2 aliphatic rings. The van der Waals surface area contributed by atoms with Gasteiger partial charge in [0.25, 0.3) is 11.5 Å². The van der Waals surface area contributed by atoms with E-state index in [2.05, 4.69) is 16.0 Å². The number of hydrogen-bond acceptors (Lipinski definition) is 6. The third kappa shape index (κ3) is 7.35. The molecule has 1 saturated carbocycles. The number of aromatic nitrogens is 2. The van der Waals surface area contributed by atoms with Gasteiger partial charge in [0.05, 0.1) is 16.6 Å². The molecule has 1 aliphatic heterocycles. The minimum Gasteiger partial charge on any atom is -0.445 e. The van der Waals surface area contributed by atoms with E-state index in [0.29, 0.717) is 38.0 Å². The zero-order valence-corrected chi connectivity index (χ0v) is 25.7. The molecule has 240 valence electrons. The van der Waals surface area contributed by atoms with Gasteiger partial charge in [0.15, 0.2) is 0 Å². The first-order chi connectivity index (χ1) is 21.5. The number of alkyl carbamates (subject to hydrolysis) is 1. The van der Waals surface area contributed by atoms with Crippen LogP contribution in [0.25, 0.3) is 10.9 Å². The molecular formula is C32H39FN6O6. The molecule has 1 aliphatic carbocycles. The number of halogens is 1. The van der Waals surface area contributed by atoms with Crippen molar-refractivity contribution in [2.24, 2.45) is 5.92 Å².